The lowest BCUT2D eigenvalue weighted by Gasteiger charge is -2.15. The summed E-state index contributed by atoms with van der Waals surface area (Å²) >= 11 is 2.95. The number of nitrogens with one attached hydrogen (secondary N) is 2. The minimum absolute atomic E-state index is 0.0912. The quantitative estimate of drug-likeness (QED) is 0.727. The lowest BCUT2D eigenvalue weighted by molar-refractivity contribution is -0.201. The molecule has 88 valence electrons. The van der Waals surface area contributed by atoms with Crippen molar-refractivity contribution in [2.24, 2.45) is 0 Å². The molecule has 1 unspecified atom stereocenters. The largest absolute Gasteiger partial charge is 0.416 e. The molecule has 0 aromatic rings. The van der Waals surface area contributed by atoms with Crippen LogP contribution in [0, 0.1) is 0 Å². The van der Waals surface area contributed by atoms with E-state index in [0.29, 0.717) is 4.48 Å². The van der Waals surface area contributed by atoms with Crippen molar-refractivity contribution in [3.05, 3.63) is 11.1 Å². The number of urea groups is 1. The van der Waals surface area contributed by atoms with Gasteiger partial charge in [0.2, 0.25) is 0 Å². The number of aliphatic hydroxyl groups excluding tert-OH is 1. The summed E-state index contributed by atoms with van der Waals surface area (Å²) in [6.07, 6.45) is -7.29. The predicted molar refractivity (Wildman–Crippen MR) is 51.5 cm³/mol. The van der Waals surface area contributed by atoms with Crippen LogP contribution in [0.4, 0.5) is 18.0 Å². The van der Waals surface area contributed by atoms with Crippen LogP contribution in [0.25, 0.3) is 0 Å². The summed E-state index contributed by atoms with van der Waals surface area (Å²) in [6, 6.07) is -0.807. The van der Waals surface area contributed by atoms with Gasteiger partial charge < -0.3 is 15.7 Å². The van der Waals surface area contributed by atoms with Gasteiger partial charge in [-0.15, -0.1) is 0 Å². The van der Waals surface area contributed by atoms with E-state index in [4.69, 9.17) is 5.11 Å². The number of carbonyl (C=O) groups is 1. The maximum absolute atomic E-state index is 11.8. The number of alkyl halides is 3. The summed E-state index contributed by atoms with van der Waals surface area (Å²) in [5.41, 5.74) is 0. The van der Waals surface area contributed by atoms with Gasteiger partial charge >= 0.3 is 12.2 Å². The lowest BCUT2D eigenvalue weighted by atomic mass is 10.3. The SMILES string of the molecule is C=C(Br)CNC(=O)NCC(O)C(F)(F)F. The second kappa shape index (κ2) is 5.96. The average molecular weight is 291 g/mol. The van der Waals surface area contributed by atoms with E-state index in [-0.39, 0.29) is 6.54 Å². The summed E-state index contributed by atoms with van der Waals surface area (Å²) in [6.45, 7) is 2.61. The van der Waals surface area contributed by atoms with Crippen LogP contribution in [0.2, 0.25) is 0 Å². The van der Waals surface area contributed by atoms with Crippen LogP contribution >= 0.6 is 15.9 Å². The molecule has 0 spiro atoms. The van der Waals surface area contributed by atoms with Gasteiger partial charge in [0.1, 0.15) is 0 Å². The maximum atomic E-state index is 11.8. The van der Waals surface area contributed by atoms with Crippen molar-refractivity contribution < 1.29 is 23.1 Å². The highest BCUT2D eigenvalue weighted by atomic mass is 79.9. The van der Waals surface area contributed by atoms with Crippen LogP contribution in [-0.2, 0) is 0 Å². The molecule has 2 amide bonds. The van der Waals surface area contributed by atoms with Gasteiger partial charge in [0, 0.05) is 4.48 Å². The van der Waals surface area contributed by atoms with Crippen molar-refractivity contribution in [3.8, 4) is 0 Å². The fraction of sp³-hybridized carbons (Fsp3) is 0.571. The smallest absolute Gasteiger partial charge is 0.382 e. The minimum Gasteiger partial charge on any atom is -0.382 e. The number of aliphatic hydroxyl groups is 1. The molecule has 0 aliphatic heterocycles. The first kappa shape index (κ1) is 14.2. The van der Waals surface area contributed by atoms with Gasteiger partial charge in [-0.05, 0) is 0 Å². The predicted octanol–water partition coefficient (Wildman–Crippen LogP) is 1.12. The van der Waals surface area contributed by atoms with Crippen LogP contribution in [-0.4, -0.2) is 36.5 Å². The van der Waals surface area contributed by atoms with Crippen molar-refractivity contribution in [3.63, 3.8) is 0 Å². The second-order valence-electron chi connectivity index (χ2n) is 2.64. The van der Waals surface area contributed by atoms with Crippen LogP contribution in [0.15, 0.2) is 11.1 Å². The molecular formula is C7H10BrF3N2O2. The van der Waals surface area contributed by atoms with E-state index in [2.05, 4.69) is 27.8 Å². The van der Waals surface area contributed by atoms with E-state index in [1.54, 1.807) is 0 Å². The molecule has 0 bridgehead atoms. The number of carbonyl (C=O) groups excluding carboxylic acids is 1. The first-order valence-corrected chi connectivity index (χ1v) is 4.62. The van der Waals surface area contributed by atoms with Gasteiger partial charge in [0.05, 0.1) is 13.1 Å². The Labute approximate surface area is 92.7 Å². The molecule has 1 atom stereocenters. The fourth-order valence-electron chi connectivity index (χ4n) is 0.544. The topological polar surface area (TPSA) is 61.4 Å². The summed E-state index contributed by atoms with van der Waals surface area (Å²) < 4.78 is 35.8. The number of rotatable bonds is 4. The molecule has 0 aliphatic carbocycles. The summed E-state index contributed by atoms with van der Waals surface area (Å²) in [5.74, 6) is 0. The Morgan fingerprint density at radius 1 is 1.47 bits per heavy atom. The van der Waals surface area contributed by atoms with Gasteiger partial charge in [0.25, 0.3) is 0 Å². The third-order valence-corrected chi connectivity index (χ3v) is 1.55. The summed E-state index contributed by atoms with van der Waals surface area (Å²) in [7, 11) is 0. The Kier molecular flexibility index (Phi) is 5.66. The molecule has 4 nitrogen and oxygen atoms in total. The molecule has 0 aromatic carbocycles. The van der Waals surface area contributed by atoms with E-state index in [0.717, 1.165) is 0 Å². The van der Waals surface area contributed by atoms with Gasteiger partial charge in [-0.3, -0.25) is 0 Å². The van der Waals surface area contributed by atoms with E-state index < -0.39 is 24.9 Å². The van der Waals surface area contributed by atoms with E-state index in [9.17, 15) is 18.0 Å². The molecule has 0 fully saturated rings. The molecule has 8 heteroatoms. The second-order valence-corrected chi connectivity index (χ2v) is 3.76. The normalized spacial score (nSPS) is 13.1. The van der Waals surface area contributed by atoms with Crippen molar-refractivity contribution in [1.29, 1.82) is 0 Å². The van der Waals surface area contributed by atoms with Gasteiger partial charge in [0.15, 0.2) is 6.10 Å². The summed E-state index contributed by atoms with van der Waals surface area (Å²) in [4.78, 5) is 10.8. The van der Waals surface area contributed by atoms with Crippen LogP contribution < -0.4 is 10.6 Å². The Morgan fingerprint density at radius 3 is 2.40 bits per heavy atom. The van der Waals surface area contributed by atoms with Gasteiger partial charge in [-0.2, -0.15) is 13.2 Å². The Balaban J connectivity index is 3.76. The van der Waals surface area contributed by atoms with E-state index >= 15 is 0 Å². The Bertz CT molecular complexity index is 245. The molecule has 3 N–H and O–H groups in total. The molecule has 0 saturated heterocycles. The Hall–Kier alpha value is -0.760. The van der Waals surface area contributed by atoms with Crippen LogP contribution in [0.5, 0.6) is 0 Å². The number of hydrogen-bond donors (Lipinski definition) is 3. The maximum Gasteiger partial charge on any atom is 0.416 e. The number of amides is 2. The van der Waals surface area contributed by atoms with E-state index in [1.165, 1.54) is 0 Å². The van der Waals surface area contributed by atoms with Crippen molar-refractivity contribution in [2.45, 2.75) is 12.3 Å². The lowest BCUT2D eigenvalue weighted by Crippen LogP contribution is -2.44. The molecular weight excluding hydrogens is 281 g/mol. The van der Waals surface area contributed by atoms with Crippen LogP contribution in [0.1, 0.15) is 0 Å². The monoisotopic (exact) mass is 290 g/mol. The standard InChI is InChI=1S/C7H10BrF3N2O2/c1-4(8)2-12-6(15)13-3-5(14)7(9,10)11/h5,14H,1-3H2,(H2,12,13,15). The van der Waals surface area contributed by atoms with Crippen LogP contribution in [0.3, 0.4) is 0 Å². The van der Waals surface area contributed by atoms with Gasteiger partial charge in [-0.1, -0.05) is 22.5 Å². The zero-order chi connectivity index (χ0) is 12.1. The Morgan fingerprint density at radius 2 is 2.00 bits per heavy atom. The summed E-state index contributed by atoms with van der Waals surface area (Å²) in [5, 5.41) is 12.6. The molecule has 0 aliphatic rings. The molecule has 0 saturated carbocycles. The van der Waals surface area contributed by atoms with Crippen molar-refractivity contribution in [2.75, 3.05) is 13.1 Å². The minimum atomic E-state index is -4.73. The zero-order valence-corrected chi connectivity index (χ0v) is 9.15. The third-order valence-electron chi connectivity index (χ3n) is 1.27. The highest BCUT2D eigenvalue weighted by Crippen LogP contribution is 2.18. The third kappa shape index (κ3) is 7.20. The molecule has 0 aromatic heterocycles. The van der Waals surface area contributed by atoms with Crippen molar-refractivity contribution in [1.82, 2.24) is 10.6 Å². The fourth-order valence-corrected chi connectivity index (χ4v) is 0.684. The van der Waals surface area contributed by atoms with E-state index in [1.807, 2.05) is 5.32 Å². The molecule has 0 rings (SSSR count). The highest BCUT2D eigenvalue weighted by Gasteiger charge is 2.38. The number of hydrogen-bond acceptors (Lipinski definition) is 2. The number of halogens is 4. The van der Waals surface area contributed by atoms with Crippen molar-refractivity contribution >= 4 is 22.0 Å². The zero-order valence-electron chi connectivity index (χ0n) is 7.57. The first-order chi connectivity index (χ1) is 6.73. The average Bonchev–Trinajstić information content (AvgIpc) is 2.09. The molecule has 15 heavy (non-hydrogen) atoms. The molecule has 0 heterocycles. The first-order valence-electron chi connectivity index (χ1n) is 3.83. The molecule has 0 radical (unpaired) electrons. The van der Waals surface area contributed by atoms with Gasteiger partial charge in [-0.25, -0.2) is 4.79 Å². The highest BCUT2D eigenvalue weighted by molar-refractivity contribution is 9.11.